The highest BCUT2D eigenvalue weighted by molar-refractivity contribution is 7.97. The highest BCUT2D eigenvalue weighted by Gasteiger charge is 2.09. The number of carbonyl (C=O) groups is 1. The minimum absolute atomic E-state index is 0.0319. The molecule has 0 radical (unpaired) electrons. The van der Waals surface area contributed by atoms with Gasteiger partial charge < -0.3 is 5.32 Å². The van der Waals surface area contributed by atoms with E-state index in [2.05, 4.69) is 36.9 Å². The van der Waals surface area contributed by atoms with E-state index >= 15 is 0 Å². The third kappa shape index (κ3) is 7.00. The molecule has 0 aliphatic carbocycles. The summed E-state index contributed by atoms with van der Waals surface area (Å²) in [6.07, 6.45) is 1.00. The van der Waals surface area contributed by atoms with Crippen LogP contribution < -0.4 is 10.0 Å². The van der Waals surface area contributed by atoms with Crippen molar-refractivity contribution < 1.29 is 4.79 Å². The van der Waals surface area contributed by atoms with Crippen molar-refractivity contribution in [3.63, 3.8) is 0 Å². The molecule has 0 aromatic heterocycles. The number of benzene rings is 2. The van der Waals surface area contributed by atoms with Crippen LogP contribution in [0.1, 0.15) is 38.3 Å². The second-order valence-electron chi connectivity index (χ2n) is 6.84. The first kappa shape index (κ1) is 19.0. The second kappa shape index (κ2) is 8.70. The fraction of sp³-hybridized carbons (Fsp3) is 0.300. The fourth-order valence-electron chi connectivity index (χ4n) is 2.10. The minimum atomic E-state index is -0.0319. The van der Waals surface area contributed by atoms with Crippen LogP contribution in [0.4, 0.5) is 5.69 Å². The van der Waals surface area contributed by atoms with Crippen molar-refractivity contribution >= 4 is 23.5 Å². The zero-order valence-corrected chi connectivity index (χ0v) is 15.6. The van der Waals surface area contributed by atoms with Crippen LogP contribution in [0, 0.1) is 11.3 Å². The van der Waals surface area contributed by atoms with Crippen molar-refractivity contribution in [3.8, 4) is 6.07 Å². The number of nitriles is 1. The van der Waals surface area contributed by atoms with E-state index in [0.29, 0.717) is 18.4 Å². The van der Waals surface area contributed by atoms with Gasteiger partial charge in [-0.3, -0.25) is 9.52 Å². The normalized spacial score (nSPS) is 11.0. The number of anilines is 1. The van der Waals surface area contributed by atoms with Crippen LogP contribution >= 0.6 is 11.9 Å². The summed E-state index contributed by atoms with van der Waals surface area (Å²) in [5.41, 5.74) is 2.44. The molecule has 2 N–H and O–H groups in total. The van der Waals surface area contributed by atoms with Crippen molar-refractivity contribution in [2.45, 2.75) is 44.0 Å². The van der Waals surface area contributed by atoms with E-state index in [0.717, 1.165) is 16.1 Å². The number of aryl methyl sites for hydroxylation is 1. The number of nitrogens with one attached hydrogen (secondary N) is 2. The molecule has 0 bridgehead atoms. The summed E-state index contributed by atoms with van der Waals surface area (Å²) >= 11 is 1.58. The molecule has 2 rings (SSSR count). The fourth-order valence-corrected chi connectivity index (χ4v) is 2.79. The second-order valence-corrected chi connectivity index (χ2v) is 7.72. The molecule has 0 fully saturated rings. The van der Waals surface area contributed by atoms with Crippen LogP contribution in [0.3, 0.4) is 0 Å². The monoisotopic (exact) mass is 353 g/mol. The molecule has 130 valence electrons. The Hall–Kier alpha value is -2.29. The quantitative estimate of drug-likeness (QED) is 0.749. The lowest BCUT2D eigenvalue weighted by molar-refractivity contribution is -0.116. The third-order valence-electron chi connectivity index (χ3n) is 3.31. The maximum Gasteiger partial charge on any atom is 0.224 e. The molecule has 5 heteroatoms. The molecule has 0 aliphatic rings. The number of carbonyl (C=O) groups excluding carboxylic acids is 1. The number of nitrogens with zero attached hydrogens (tertiary/aromatic N) is 1. The van der Waals surface area contributed by atoms with E-state index in [9.17, 15) is 4.79 Å². The van der Waals surface area contributed by atoms with Gasteiger partial charge in [-0.15, -0.1) is 0 Å². The zero-order valence-electron chi connectivity index (χ0n) is 14.8. The van der Waals surface area contributed by atoms with Crippen LogP contribution in [0.25, 0.3) is 0 Å². The van der Waals surface area contributed by atoms with Gasteiger partial charge in [0.25, 0.3) is 0 Å². The maximum atomic E-state index is 12.1. The van der Waals surface area contributed by atoms with Crippen LogP contribution in [-0.2, 0) is 11.2 Å². The first-order chi connectivity index (χ1) is 11.9. The smallest absolute Gasteiger partial charge is 0.224 e. The minimum Gasteiger partial charge on any atom is -0.326 e. The number of hydrogen-bond acceptors (Lipinski definition) is 4. The molecule has 0 heterocycles. The average Bonchev–Trinajstić information content (AvgIpc) is 2.59. The summed E-state index contributed by atoms with van der Waals surface area (Å²) in [7, 11) is 0. The van der Waals surface area contributed by atoms with Gasteiger partial charge in [0.1, 0.15) is 0 Å². The van der Waals surface area contributed by atoms with Gasteiger partial charge in [0.15, 0.2) is 0 Å². The Bertz CT molecular complexity index is 758. The Morgan fingerprint density at radius 2 is 1.88 bits per heavy atom. The maximum absolute atomic E-state index is 12.1. The van der Waals surface area contributed by atoms with Crippen molar-refractivity contribution in [2.75, 3.05) is 5.32 Å². The Labute approximate surface area is 153 Å². The molecular weight excluding hydrogens is 330 g/mol. The van der Waals surface area contributed by atoms with E-state index in [1.165, 1.54) is 0 Å². The van der Waals surface area contributed by atoms with E-state index in [1.54, 1.807) is 18.0 Å². The third-order valence-corrected chi connectivity index (χ3v) is 4.53. The molecule has 0 aliphatic heterocycles. The Morgan fingerprint density at radius 1 is 1.16 bits per heavy atom. The van der Waals surface area contributed by atoms with Crippen molar-refractivity contribution in [1.29, 1.82) is 5.26 Å². The van der Waals surface area contributed by atoms with E-state index in [1.807, 2.05) is 42.5 Å². The summed E-state index contributed by atoms with van der Waals surface area (Å²) in [5, 5.41) is 11.8. The summed E-state index contributed by atoms with van der Waals surface area (Å²) in [6, 6.07) is 17.2. The summed E-state index contributed by atoms with van der Waals surface area (Å²) in [5.74, 6) is -0.0319. The molecule has 0 spiro atoms. The SMILES string of the molecule is CC(C)(C)NSc1ccc(NC(=O)CCc2cccc(C#N)c2)cc1. The van der Waals surface area contributed by atoms with Gasteiger partial charge in [-0.05, 0) is 81.1 Å². The van der Waals surface area contributed by atoms with Gasteiger partial charge in [0.2, 0.25) is 5.91 Å². The Balaban J connectivity index is 1.83. The predicted octanol–water partition coefficient (Wildman–Crippen LogP) is 4.52. The van der Waals surface area contributed by atoms with Gasteiger partial charge in [0.05, 0.1) is 11.6 Å². The zero-order chi connectivity index (χ0) is 18.3. The number of hydrogen-bond donors (Lipinski definition) is 2. The highest BCUT2D eigenvalue weighted by Crippen LogP contribution is 2.20. The Morgan fingerprint density at radius 3 is 2.52 bits per heavy atom. The van der Waals surface area contributed by atoms with Gasteiger partial charge in [-0.1, -0.05) is 12.1 Å². The van der Waals surface area contributed by atoms with Crippen LogP contribution in [0.2, 0.25) is 0 Å². The molecule has 0 saturated carbocycles. The van der Waals surface area contributed by atoms with Crippen molar-refractivity contribution in [3.05, 3.63) is 59.7 Å². The van der Waals surface area contributed by atoms with E-state index < -0.39 is 0 Å². The van der Waals surface area contributed by atoms with Gasteiger partial charge in [0, 0.05) is 22.5 Å². The molecule has 0 unspecified atom stereocenters. The van der Waals surface area contributed by atoms with Crippen LogP contribution in [0.15, 0.2) is 53.4 Å². The van der Waals surface area contributed by atoms with Crippen molar-refractivity contribution in [2.24, 2.45) is 0 Å². The summed E-state index contributed by atoms with van der Waals surface area (Å²) < 4.78 is 3.35. The van der Waals surface area contributed by atoms with Gasteiger partial charge >= 0.3 is 0 Å². The standard InChI is InChI=1S/C20H23N3OS/c1-20(2,3)23-25-18-10-8-17(9-11-18)22-19(24)12-7-15-5-4-6-16(13-15)14-21/h4-6,8-11,13,23H,7,12H2,1-3H3,(H,22,24). The van der Waals surface area contributed by atoms with Crippen molar-refractivity contribution in [1.82, 2.24) is 4.72 Å². The largest absolute Gasteiger partial charge is 0.326 e. The molecule has 0 atom stereocenters. The first-order valence-corrected chi connectivity index (χ1v) is 9.00. The van der Waals surface area contributed by atoms with Gasteiger partial charge in [-0.25, -0.2) is 0 Å². The van der Waals surface area contributed by atoms with E-state index in [4.69, 9.17) is 5.26 Å². The first-order valence-electron chi connectivity index (χ1n) is 8.19. The lowest BCUT2D eigenvalue weighted by Crippen LogP contribution is -2.29. The highest BCUT2D eigenvalue weighted by atomic mass is 32.2. The Kier molecular flexibility index (Phi) is 6.63. The summed E-state index contributed by atoms with van der Waals surface area (Å²) in [6.45, 7) is 6.34. The molecule has 2 aromatic carbocycles. The lowest BCUT2D eigenvalue weighted by Gasteiger charge is -2.19. The van der Waals surface area contributed by atoms with Gasteiger partial charge in [-0.2, -0.15) is 5.26 Å². The molecule has 1 amide bonds. The molecular formula is C20H23N3OS. The predicted molar refractivity (Wildman–Crippen MR) is 103 cm³/mol. The number of rotatable bonds is 6. The topological polar surface area (TPSA) is 64.9 Å². The molecule has 4 nitrogen and oxygen atoms in total. The summed E-state index contributed by atoms with van der Waals surface area (Å²) in [4.78, 5) is 13.2. The molecule has 25 heavy (non-hydrogen) atoms. The molecule has 0 saturated heterocycles. The van der Waals surface area contributed by atoms with E-state index in [-0.39, 0.29) is 11.4 Å². The molecule has 2 aromatic rings. The van der Waals surface area contributed by atoms with Crippen LogP contribution in [0.5, 0.6) is 0 Å². The lowest BCUT2D eigenvalue weighted by atomic mass is 10.1. The number of amides is 1. The average molecular weight is 353 g/mol. The van der Waals surface area contributed by atoms with Crippen LogP contribution in [-0.4, -0.2) is 11.4 Å².